The Labute approximate surface area is 106 Å². The van der Waals surface area contributed by atoms with Crippen LogP contribution in [0.25, 0.3) is 0 Å². The highest BCUT2D eigenvalue weighted by atomic mass is 16.5. The lowest BCUT2D eigenvalue weighted by Gasteiger charge is -2.10. The molecule has 0 radical (unpaired) electrons. The SMILES string of the molecule is COC(=O)C(BOC=N)Cc1cn(B(C)O)cn1. The van der Waals surface area contributed by atoms with Gasteiger partial charge >= 0.3 is 20.5 Å². The molecule has 1 atom stereocenters. The summed E-state index contributed by atoms with van der Waals surface area (Å²) in [4.78, 5) is 15.6. The van der Waals surface area contributed by atoms with Gasteiger partial charge in [0, 0.05) is 12.6 Å². The van der Waals surface area contributed by atoms with Crippen molar-refractivity contribution in [1.82, 2.24) is 9.46 Å². The van der Waals surface area contributed by atoms with Crippen LogP contribution in [0.4, 0.5) is 0 Å². The Kier molecular flexibility index (Phi) is 5.44. The molecule has 1 aromatic rings. The Balaban J connectivity index is 2.68. The van der Waals surface area contributed by atoms with Crippen LogP contribution in [-0.2, 0) is 20.6 Å². The lowest BCUT2D eigenvalue weighted by molar-refractivity contribution is -0.140. The minimum atomic E-state index is -0.666. The Morgan fingerprint density at radius 3 is 3.06 bits per heavy atom. The van der Waals surface area contributed by atoms with Crippen LogP contribution in [0.2, 0.25) is 12.6 Å². The summed E-state index contributed by atoms with van der Waals surface area (Å²) >= 11 is 0. The zero-order chi connectivity index (χ0) is 13.5. The minimum absolute atomic E-state index is 0.0672. The van der Waals surface area contributed by atoms with Gasteiger partial charge in [-0.3, -0.25) is 10.2 Å². The molecule has 0 fully saturated rings. The van der Waals surface area contributed by atoms with Crippen LogP contribution in [-0.4, -0.2) is 48.5 Å². The van der Waals surface area contributed by atoms with Crippen molar-refractivity contribution in [2.24, 2.45) is 0 Å². The summed E-state index contributed by atoms with van der Waals surface area (Å²) in [6.07, 6.45) is 4.27. The number of hydrogen-bond donors (Lipinski definition) is 2. The van der Waals surface area contributed by atoms with Gasteiger partial charge in [-0.15, -0.1) is 0 Å². The molecule has 9 heteroatoms. The van der Waals surface area contributed by atoms with Crippen molar-refractivity contribution in [2.45, 2.75) is 19.1 Å². The van der Waals surface area contributed by atoms with E-state index in [4.69, 9.17) is 10.1 Å². The molecule has 1 heterocycles. The van der Waals surface area contributed by atoms with E-state index in [0.717, 1.165) is 6.40 Å². The van der Waals surface area contributed by atoms with Crippen LogP contribution in [0.1, 0.15) is 5.69 Å². The third-order valence-corrected chi connectivity index (χ3v) is 2.46. The standard InChI is InChI=1S/C9H15B2N3O4/c1-11(16)14-4-7(13-6-14)3-8(9(15)17-2)10-18-5-12/h4-6,8,10,12,16H,3H2,1-2H3. The highest BCUT2D eigenvalue weighted by Crippen LogP contribution is 2.13. The highest BCUT2D eigenvalue weighted by Gasteiger charge is 2.24. The molecule has 1 aromatic heterocycles. The number of rotatable bonds is 7. The van der Waals surface area contributed by atoms with Crippen LogP contribution in [0.3, 0.4) is 0 Å². The van der Waals surface area contributed by atoms with Gasteiger partial charge < -0.3 is 18.9 Å². The van der Waals surface area contributed by atoms with E-state index in [1.165, 1.54) is 17.9 Å². The van der Waals surface area contributed by atoms with Crippen LogP contribution in [0, 0.1) is 5.41 Å². The molecule has 0 aliphatic carbocycles. The highest BCUT2D eigenvalue weighted by molar-refractivity contribution is 6.46. The van der Waals surface area contributed by atoms with E-state index in [0.29, 0.717) is 12.1 Å². The van der Waals surface area contributed by atoms with Gasteiger partial charge in [0.2, 0.25) is 0 Å². The first-order valence-corrected chi connectivity index (χ1v) is 5.47. The van der Waals surface area contributed by atoms with Gasteiger partial charge in [0.15, 0.2) is 0 Å². The van der Waals surface area contributed by atoms with Gasteiger partial charge in [0.25, 0.3) is 0 Å². The van der Waals surface area contributed by atoms with Gasteiger partial charge in [0.05, 0.1) is 24.9 Å². The second kappa shape index (κ2) is 6.85. The third kappa shape index (κ3) is 3.92. The first-order valence-electron chi connectivity index (χ1n) is 5.47. The van der Waals surface area contributed by atoms with Crippen molar-refractivity contribution in [1.29, 1.82) is 5.41 Å². The fourth-order valence-corrected chi connectivity index (χ4v) is 1.48. The summed E-state index contributed by atoms with van der Waals surface area (Å²) in [6.45, 7) is 1.61. The number of nitrogens with zero attached hydrogens (tertiary/aromatic N) is 2. The Hall–Kier alpha value is -1.76. The molecule has 0 aromatic carbocycles. The predicted molar refractivity (Wildman–Crippen MR) is 67.9 cm³/mol. The largest absolute Gasteiger partial charge is 0.556 e. The van der Waals surface area contributed by atoms with E-state index in [-0.39, 0.29) is 7.48 Å². The molecular formula is C9H15B2N3O4. The number of carbonyl (C=O) groups excluding carboxylic acids is 1. The van der Waals surface area contributed by atoms with E-state index in [9.17, 15) is 9.82 Å². The van der Waals surface area contributed by atoms with Crippen molar-refractivity contribution in [3.63, 3.8) is 0 Å². The molecule has 96 valence electrons. The first-order chi connectivity index (χ1) is 8.58. The summed E-state index contributed by atoms with van der Waals surface area (Å²) in [5.41, 5.74) is 0.653. The zero-order valence-electron chi connectivity index (χ0n) is 10.4. The second-order valence-electron chi connectivity index (χ2n) is 3.82. The first kappa shape index (κ1) is 14.3. The molecule has 7 nitrogen and oxygen atoms in total. The number of aromatic nitrogens is 2. The van der Waals surface area contributed by atoms with Crippen LogP contribution in [0.15, 0.2) is 12.5 Å². The number of esters is 1. The quantitative estimate of drug-likeness (QED) is 0.289. The third-order valence-electron chi connectivity index (χ3n) is 2.46. The molecule has 1 rings (SSSR count). The maximum Gasteiger partial charge on any atom is 0.414 e. The lowest BCUT2D eigenvalue weighted by atomic mass is 9.77. The normalized spacial score (nSPS) is 11.5. The maximum absolute atomic E-state index is 11.5. The predicted octanol–water partition coefficient (Wildman–Crippen LogP) is -0.679. The molecule has 0 amide bonds. The number of nitrogens with one attached hydrogen (secondary N) is 1. The minimum Gasteiger partial charge on any atom is -0.556 e. The van der Waals surface area contributed by atoms with Crippen molar-refractivity contribution >= 4 is 26.9 Å². The van der Waals surface area contributed by atoms with Gasteiger partial charge in [-0.1, -0.05) is 0 Å². The molecule has 2 N–H and O–H groups in total. The summed E-state index contributed by atoms with van der Waals surface area (Å²) < 4.78 is 11.0. The molecular weight excluding hydrogens is 236 g/mol. The number of ether oxygens (including phenoxy) is 1. The zero-order valence-corrected chi connectivity index (χ0v) is 10.4. The van der Waals surface area contributed by atoms with E-state index < -0.39 is 18.8 Å². The number of methoxy groups -OCH3 is 1. The van der Waals surface area contributed by atoms with Crippen LogP contribution in [0.5, 0.6) is 0 Å². The number of hydrogen-bond acceptors (Lipinski definition) is 6. The van der Waals surface area contributed by atoms with Gasteiger partial charge in [-0.05, 0) is 6.82 Å². The summed E-state index contributed by atoms with van der Waals surface area (Å²) in [6, 6.07) is 0. The molecule has 18 heavy (non-hydrogen) atoms. The number of imidazole rings is 1. The average Bonchev–Trinajstić information content (AvgIpc) is 2.82. The lowest BCUT2D eigenvalue weighted by Crippen LogP contribution is -2.21. The van der Waals surface area contributed by atoms with Crippen molar-refractivity contribution in [3.8, 4) is 0 Å². The topological polar surface area (TPSA) is 97.4 Å². The summed E-state index contributed by atoms with van der Waals surface area (Å²) in [5, 5.41) is 16.1. The fraction of sp³-hybridized carbons (Fsp3) is 0.444. The Bertz CT molecular complexity index is 410. The van der Waals surface area contributed by atoms with E-state index in [2.05, 4.69) is 9.72 Å². The van der Waals surface area contributed by atoms with Gasteiger partial charge in [-0.2, -0.15) is 0 Å². The van der Waals surface area contributed by atoms with Crippen molar-refractivity contribution in [2.75, 3.05) is 7.11 Å². The van der Waals surface area contributed by atoms with E-state index >= 15 is 0 Å². The Morgan fingerprint density at radius 2 is 2.56 bits per heavy atom. The summed E-state index contributed by atoms with van der Waals surface area (Å²) in [7, 11) is 0.701. The molecule has 0 aliphatic heterocycles. The smallest absolute Gasteiger partial charge is 0.414 e. The molecule has 0 bridgehead atoms. The molecule has 0 saturated carbocycles. The monoisotopic (exact) mass is 251 g/mol. The Morgan fingerprint density at radius 1 is 1.83 bits per heavy atom. The molecule has 0 aliphatic rings. The van der Waals surface area contributed by atoms with Crippen LogP contribution >= 0.6 is 0 Å². The summed E-state index contributed by atoms with van der Waals surface area (Å²) in [5.74, 6) is -0.933. The molecule has 1 unspecified atom stereocenters. The maximum atomic E-state index is 11.5. The van der Waals surface area contributed by atoms with Gasteiger partial charge in [-0.25, -0.2) is 4.98 Å². The molecule has 0 saturated heterocycles. The second-order valence-corrected chi connectivity index (χ2v) is 3.82. The van der Waals surface area contributed by atoms with E-state index in [1.54, 1.807) is 13.0 Å². The van der Waals surface area contributed by atoms with E-state index in [1.807, 2.05) is 0 Å². The van der Waals surface area contributed by atoms with Gasteiger partial charge in [0.1, 0.15) is 6.40 Å². The average molecular weight is 251 g/mol. The van der Waals surface area contributed by atoms with Crippen molar-refractivity contribution in [3.05, 3.63) is 18.2 Å². The fourth-order valence-electron chi connectivity index (χ4n) is 1.48. The van der Waals surface area contributed by atoms with Crippen LogP contribution < -0.4 is 0 Å². The number of carbonyl (C=O) groups is 1. The molecule has 0 spiro atoms. The van der Waals surface area contributed by atoms with Crippen molar-refractivity contribution < 1.29 is 19.2 Å².